The first-order valence-electron chi connectivity index (χ1n) is 15.1. The fourth-order valence-corrected chi connectivity index (χ4v) is 6.34. The third-order valence-electron chi connectivity index (χ3n) is 8.70. The first kappa shape index (κ1) is 31.2. The summed E-state index contributed by atoms with van der Waals surface area (Å²) in [7, 11) is 1.40. The van der Waals surface area contributed by atoms with E-state index in [4.69, 9.17) is 23.7 Å². The monoisotopic (exact) mass is 571 g/mol. The van der Waals surface area contributed by atoms with Crippen molar-refractivity contribution < 1.29 is 33.3 Å². The highest BCUT2D eigenvalue weighted by molar-refractivity contribution is 5.69. The number of ether oxygens (including phenoxy) is 5. The van der Waals surface area contributed by atoms with Crippen molar-refractivity contribution in [3.63, 3.8) is 0 Å². The van der Waals surface area contributed by atoms with Crippen LogP contribution in [0.1, 0.15) is 98.2 Å². The van der Waals surface area contributed by atoms with E-state index in [1.54, 1.807) is 0 Å². The number of fused-ring (bicyclic) bond motifs is 3. The molecule has 0 bridgehead atoms. The van der Waals surface area contributed by atoms with Gasteiger partial charge in [-0.3, -0.25) is 4.79 Å². The maximum atomic E-state index is 12.7. The topological polar surface area (TPSA) is 83.5 Å². The van der Waals surface area contributed by atoms with Gasteiger partial charge in [-0.2, -0.15) is 0 Å². The summed E-state index contributed by atoms with van der Waals surface area (Å²) in [6, 6.07) is 6.01. The zero-order valence-electron chi connectivity index (χ0n) is 26.0. The second kappa shape index (κ2) is 12.6. The van der Waals surface area contributed by atoms with Crippen molar-refractivity contribution in [2.45, 2.75) is 104 Å². The lowest BCUT2D eigenvalue weighted by Gasteiger charge is -2.55. The van der Waals surface area contributed by atoms with Gasteiger partial charge in [0.1, 0.15) is 22.7 Å². The highest BCUT2D eigenvalue weighted by atomic mass is 16.6. The number of carbonyl (C=O) groups excluding carboxylic acids is 2. The third kappa shape index (κ3) is 7.76. The predicted molar refractivity (Wildman–Crippen MR) is 157 cm³/mol. The van der Waals surface area contributed by atoms with Crippen LogP contribution in [-0.2, 0) is 19.0 Å². The van der Waals surface area contributed by atoms with Gasteiger partial charge in [-0.05, 0) is 97.6 Å². The van der Waals surface area contributed by atoms with Crippen molar-refractivity contribution in [2.75, 3.05) is 33.4 Å². The molecular weight excluding hydrogens is 522 g/mol. The van der Waals surface area contributed by atoms with Crippen molar-refractivity contribution in [3.05, 3.63) is 35.4 Å². The zero-order valence-corrected chi connectivity index (χ0v) is 26.0. The molecule has 41 heavy (non-hydrogen) atoms. The minimum atomic E-state index is -0.499. The molecule has 0 N–H and O–H groups in total. The molecule has 4 rings (SSSR count). The molecule has 3 aliphatic heterocycles. The molecule has 1 aromatic rings. The van der Waals surface area contributed by atoms with Crippen LogP contribution in [0.2, 0.25) is 0 Å². The molecule has 0 saturated carbocycles. The Kier molecular flexibility index (Phi) is 9.62. The number of esters is 1. The van der Waals surface area contributed by atoms with Crippen LogP contribution in [0, 0.1) is 11.3 Å². The lowest BCUT2D eigenvalue weighted by molar-refractivity contribution is -0.179. The normalized spacial score (nSPS) is 24.9. The summed E-state index contributed by atoms with van der Waals surface area (Å²) >= 11 is 0. The first-order chi connectivity index (χ1) is 19.3. The Morgan fingerprint density at radius 2 is 1.90 bits per heavy atom. The number of rotatable bonds is 8. The van der Waals surface area contributed by atoms with E-state index in [1.165, 1.54) is 12.7 Å². The number of carbonyl (C=O) groups is 2. The minimum Gasteiger partial charge on any atom is -0.493 e. The summed E-state index contributed by atoms with van der Waals surface area (Å²) in [6.45, 7) is 14.7. The summed E-state index contributed by atoms with van der Waals surface area (Å²) in [4.78, 5) is 26.0. The molecule has 0 radical (unpaired) electrons. The summed E-state index contributed by atoms with van der Waals surface area (Å²) in [5.41, 5.74) is 1.47. The van der Waals surface area contributed by atoms with Crippen molar-refractivity contribution in [1.82, 2.24) is 4.90 Å². The maximum absolute atomic E-state index is 12.7. The highest BCUT2D eigenvalue weighted by Crippen LogP contribution is 2.57. The third-order valence-corrected chi connectivity index (χ3v) is 8.70. The molecule has 2 fully saturated rings. The van der Waals surface area contributed by atoms with E-state index in [0.29, 0.717) is 39.1 Å². The van der Waals surface area contributed by atoms with E-state index in [-0.39, 0.29) is 29.5 Å². The molecule has 1 spiro atoms. The lowest BCUT2D eigenvalue weighted by Crippen LogP contribution is -2.56. The maximum Gasteiger partial charge on any atom is 0.410 e. The second-order valence-electron chi connectivity index (χ2n) is 13.5. The SMILES string of the molecule is COC(=O)CCCOc1ccc2c(c1)O[C@](C)(CCC=C(C)C)[C@H]1CC3(CCN(C(=O)OC(C)(C)C)CC3)CO[C@H]21. The Hall–Kier alpha value is -2.74. The van der Waals surface area contributed by atoms with E-state index in [9.17, 15) is 9.59 Å². The molecule has 8 nitrogen and oxygen atoms in total. The number of allylic oxidation sites excluding steroid dienone is 2. The van der Waals surface area contributed by atoms with Crippen molar-refractivity contribution in [2.24, 2.45) is 11.3 Å². The average Bonchev–Trinajstić information content (AvgIpc) is 2.90. The van der Waals surface area contributed by atoms with Crippen molar-refractivity contribution in [1.29, 1.82) is 0 Å². The van der Waals surface area contributed by atoms with E-state index in [0.717, 1.165) is 49.2 Å². The Bertz CT molecular complexity index is 1110. The Morgan fingerprint density at radius 3 is 2.56 bits per heavy atom. The summed E-state index contributed by atoms with van der Waals surface area (Å²) in [5.74, 6) is 1.49. The molecule has 1 amide bonds. The average molecular weight is 572 g/mol. The number of hydrogen-bond acceptors (Lipinski definition) is 7. The molecule has 228 valence electrons. The van der Waals surface area contributed by atoms with Gasteiger partial charge in [-0.15, -0.1) is 0 Å². The molecule has 0 aromatic heterocycles. The van der Waals surface area contributed by atoms with Crippen LogP contribution >= 0.6 is 0 Å². The molecular formula is C33H49NO7. The first-order valence-corrected chi connectivity index (χ1v) is 15.1. The van der Waals surface area contributed by atoms with E-state index >= 15 is 0 Å². The molecule has 0 unspecified atom stereocenters. The van der Waals surface area contributed by atoms with E-state index in [2.05, 4.69) is 32.9 Å². The van der Waals surface area contributed by atoms with Gasteiger partial charge in [0.25, 0.3) is 0 Å². The quantitative estimate of drug-likeness (QED) is 0.188. The van der Waals surface area contributed by atoms with Crippen molar-refractivity contribution in [3.8, 4) is 11.5 Å². The van der Waals surface area contributed by atoms with E-state index < -0.39 is 11.2 Å². The minimum absolute atomic E-state index is 0.0149. The lowest BCUT2D eigenvalue weighted by atomic mass is 9.63. The van der Waals surface area contributed by atoms with Crippen LogP contribution in [-0.4, -0.2) is 61.6 Å². The van der Waals surface area contributed by atoms with Gasteiger partial charge in [0.2, 0.25) is 0 Å². The van der Waals surface area contributed by atoms with Crippen LogP contribution in [0.3, 0.4) is 0 Å². The molecule has 8 heteroatoms. The number of amides is 1. The van der Waals surface area contributed by atoms with Gasteiger partial charge >= 0.3 is 12.1 Å². The smallest absolute Gasteiger partial charge is 0.410 e. The number of piperidine rings is 1. The van der Waals surface area contributed by atoms with E-state index in [1.807, 2.05) is 37.8 Å². The van der Waals surface area contributed by atoms with Gasteiger partial charge in [0.05, 0.1) is 26.4 Å². The fourth-order valence-electron chi connectivity index (χ4n) is 6.34. The van der Waals surface area contributed by atoms with Crippen LogP contribution < -0.4 is 9.47 Å². The van der Waals surface area contributed by atoms with Gasteiger partial charge in [-0.25, -0.2) is 4.79 Å². The standard InChI is InChI=1S/C33H49NO7/c1-23(2)10-8-14-32(6)26-21-33(15-17-34(18-16-33)30(36)41-31(3,4)5)22-39-29(26)25-13-12-24(20-27(25)40-32)38-19-9-11-28(35)37-7/h10,12-13,20,26,29H,8-9,11,14-19,21-22H2,1-7H3/t26-,29+,32+/m0/s1. The van der Waals surface area contributed by atoms with Gasteiger partial charge < -0.3 is 28.6 Å². The van der Waals surface area contributed by atoms with Crippen molar-refractivity contribution >= 4 is 12.1 Å². The number of benzene rings is 1. The number of nitrogens with zero attached hydrogens (tertiary/aromatic N) is 1. The molecule has 0 aliphatic carbocycles. The summed E-state index contributed by atoms with van der Waals surface area (Å²) in [5, 5.41) is 0. The Balaban J connectivity index is 1.50. The molecule has 3 heterocycles. The van der Waals surface area contributed by atoms with Crippen LogP contribution in [0.15, 0.2) is 29.8 Å². The van der Waals surface area contributed by atoms with Gasteiger partial charge in [-0.1, -0.05) is 11.6 Å². The largest absolute Gasteiger partial charge is 0.493 e. The van der Waals surface area contributed by atoms with Crippen LogP contribution in [0.5, 0.6) is 11.5 Å². The Morgan fingerprint density at radius 1 is 1.17 bits per heavy atom. The van der Waals surface area contributed by atoms with Gasteiger partial charge in [0, 0.05) is 37.1 Å². The zero-order chi connectivity index (χ0) is 29.8. The highest BCUT2D eigenvalue weighted by Gasteiger charge is 2.54. The predicted octanol–water partition coefficient (Wildman–Crippen LogP) is 7.01. The molecule has 1 aromatic carbocycles. The molecule has 3 aliphatic rings. The van der Waals surface area contributed by atoms with Crippen LogP contribution in [0.25, 0.3) is 0 Å². The number of methoxy groups -OCH3 is 1. The Labute approximate surface area is 245 Å². The molecule has 3 atom stereocenters. The fraction of sp³-hybridized carbons (Fsp3) is 0.697. The summed E-state index contributed by atoms with van der Waals surface area (Å²) in [6.07, 6.45) is 7.50. The summed E-state index contributed by atoms with van der Waals surface area (Å²) < 4.78 is 29.9. The van der Waals surface area contributed by atoms with Crippen LogP contribution in [0.4, 0.5) is 4.79 Å². The second-order valence-corrected chi connectivity index (χ2v) is 13.5. The number of likely N-dealkylation sites (tertiary alicyclic amines) is 1. The molecule has 2 saturated heterocycles. The van der Waals surface area contributed by atoms with Gasteiger partial charge in [0.15, 0.2) is 0 Å². The number of hydrogen-bond donors (Lipinski definition) is 0.